The van der Waals surface area contributed by atoms with Gasteiger partial charge in [-0.1, -0.05) is 0 Å². The highest BCUT2D eigenvalue weighted by Crippen LogP contribution is 2.30. The largest absolute Gasteiger partial charge is 0.493 e. The molecule has 0 bridgehead atoms. The molecule has 0 N–H and O–H groups in total. The van der Waals surface area contributed by atoms with Gasteiger partial charge < -0.3 is 14.4 Å². The van der Waals surface area contributed by atoms with E-state index >= 15 is 0 Å². The summed E-state index contributed by atoms with van der Waals surface area (Å²) in [6.07, 6.45) is 3.24. The van der Waals surface area contributed by atoms with Crippen LogP contribution in [0.15, 0.2) is 18.2 Å². The third kappa shape index (κ3) is 3.63. The van der Waals surface area contributed by atoms with Crippen LogP contribution in [-0.4, -0.2) is 57.3 Å². The zero-order valence-electron chi connectivity index (χ0n) is 15.7. The molecule has 26 heavy (non-hydrogen) atoms. The van der Waals surface area contributed by atoms with Gasteiger partial charge in [0.05, 0.1) is 14.2 Å². The molecular weight excluding hydrogens is 334 g/mol. The summed E-state index contributed by atoms with van der Waals surface area (Å²) in [6.45, 7) is 4.28. The summed E-state index contributed by atoms with van der Waals surface area (Å²) >= 11 is 0. The maximum atomic E-state index is 12.7. The van der Waals surface area contributed by atoms with Gasteiger partial charge in [-0.05, 0) is 56.5 Å². The second kappa shape index (κ2) is 7.72. The molecule has 1 fully saturated rings. The van der Waals surface area contributed by atoms with Crippen LogP contribution in [-0.2, 0) is 11.3 Å². The minimum Gasteiger partial charge on any atom is -0.493 e. The standard InChI is InChI=1S/C18H25N5O3/c1-12-6-5-7-13(2)23(12)17(24)11-22-20-18(19-21-22)14-8-9-15(25-3)16(10-14)26-4/h8-10,12-13H,5-7,11H2,1-4H3/t12-,13+. The minimum atomic E-state index is 0.0287. The number of carbonyl (C=O) groups is 1. The fraction of sp³-hybridized carbons (Fsp3) is 0.556. The number of rotatable bonds is 5. The molecule has 8 heteroatoms. The van der Waals surface area contributed by atoms with Crippen LogP contribution in [0.4, 0.5) is 0 Å². The summed E-state index contributed by atoms with van der Waals surface area (Å²) in [5, 5.41) is 12.4. The smallest absolute Gasteiger partial charge is 0.246 e. The van der Waals surface area contributed by atoms with E-state index in [1.807, 2.05) is 11.0 Å². The summed E-state index contributed by atoms with van der Waals surface area (Å²) < 4.78 is 10.5. The molecule has 140 valence electrons. The van der Waals surface area contributed by atoms with Gasteiger partial charge in [0.25, 0.3) is 0 Å². The molecule has 0 unspecified atom stereocenters. The second-order valence-corrected chi connectivity index (χ2v) is 6.64. The number of tetrazole rings is 1. The fourth-order valence-electron chi connectivity index (χ4n) is 3.52. The van der Waals surface area contributed by atoms with Crippen LogP contribution in [0.5, 0.6) is 11.5 Å². The fourth-order valence-corrected chi connectivity index (χ4v) is 3.52. The SMILES string of the molecule is COc1ccc(-c2nnn(CC(=O)N3[C@H](C)CCC[C@@H]3C)n2)cc1OC. The van der Waals surface area contributed by atoms with E-state index in [1.54, 1.807) is 26.4 Å². The molecule has 0 spiro atoms. The van der Waals surface area contributed by atoms with Crippen molar-refractivity contribution in [3.8, 4) is 22.9 Å². The lowest BCUT2D eigenvalue weighted by atomic mass is 9.97. The molecule has 0 radical (unpaired) electrons. The van der Waals surface area contributed by atoms with E-state index < -0.39 is 0 Å². The Hall–Kier alpha value is -2.64. The number of hydrogen-bond donors (Lipinski definition) is 0. The van der Waals surface area contributed by atoms with Crippen molar-refractivity contribution >= 4 is 5.91 Å². The zero-order valence-corrected chi connectivity index (χ0v) is 15.7. The topological polar surface area (TPSA) is 82.4 Å². The molecule has 1 aliphatic heterocycles. The summed E-state index contributed by atoms with van der Waals surface area (Å²) in [6, 6.07) is 5.91. The van der Waals surface area contributed by atoms with E-state index in [4.69, 9.17) is 9.47 Å². The van der Waals surface area contributed by atoms with Crippen LogP contribution in [0.1, 0.15) is 33.1 Å². The maximum Gasteiger partial charge on any atom is 0.246 e. The molecule has 0 saturated carbocycles. The molecular formula is C18H25N5O3. The first-order valence-electron chi connectivity index (χ1n) is 8.85. The Bertz CT molecular complexity index is 766. The number of likely N-dealkylation sites (tertiary alicyclic amines) is 1. The van der Waals surface area contributed by atoms with Crippen molar-refractivity contribution in [1.82, 2.24) is 25.1 Å². The van der Waals surface area contributed by atoms with Gasteiger partial charge in [-0.15, -0.1) is 10.2 Å². The average molecular weight is 359 g/mol. The lowest BCUT2D eigenvalue weighted by Crippen LogP contribution is -2.48. The maximum absolute atomic E-state index is 12.7. The van der Waals surface area contributed by atoms with Gasteiger partial charge >= 0.3 is 0 Å². The molecule has 1 aromatic heterocycles. The van der Waals surface area contributed by atoms with Gasteiger partial charge in [-0.2, -0.15) is 4.80 Å². The van der Waals surface area contributed by atoms with Crippen LogP contribution in [0, 0.1) is 0 Å². The lowest BCUT2D eigenvalue weighted by molar-refractivity contribution is -0.138. The van der Waals surface area contributed by atoms with E-state index in [2.05, 4.69) is 29.3 Å². The van der Waals surface area contributed by atoms with Gasteiger partial charge in [0.2, 0.25) is 11.7 Å². The molecule has 1 aliphatic rings. The van der Waals surface area contributed by atoms with E-state index in [0.29, 0.717) is 17.3 Å². The Morgan fingerprint density at radius 2 is 1.85 bits per heavy atom. The van der Waals surface area contributed by atoms with Crippen molar-refractivity contribution in [2.24, 2.45) is 0 Å². The quantitative estimate of drug-likeness (QED) is 0.813. The van der Waals surface area contributed by atoms with Crippen molar-refractivity contribution in [3.63, 3.8) is 0 Å². The summed E-state index contributed by atoms with van der Waals surface area (Å²) in [5.41, 5.74) is 0.751. The van der Waals surface area contributed by atoms with Crippen LogP contribution in [0.25, 0.3) is 11.4 Å². The normalized spacial score (nSPS) is 20.1. The number of carbonyl (C=O) groups excluding carboxylic acids is 1. The van der Waals surface area contributed by atoms with Gasteiger partial charge in [0.1, 0.15) is 6.54 Å². The Morgan fingerprint density at radius 1 is 1.15 bits per heavy atom. The minimum absolute atomic E-state index is 0.0287. The Balaban J connectivity index is 1.75. The molecule has 2 atom stereocenters. The van der Waals surface area contributed by atoms with Gasteiger partial charge in [-0.3, -0.25) is 4.79 Å². The number of piperidine rings is 1. The van der Waals surface area contributed by atoms with Gasteiger partial charge in [-0.25, -0.2) is 0 Å². The Morgan fingerprint density at radius 3 is 2.50 bits per heavy atom. The van der Waals surface area contributed by atoms with Crippen LogP contribution >= 0.6 is 0 Å². The first-order chi connectivity index (χ1) is 12.5. The van der Waals surface area contributed by atoms with Crippen molar-refractivity contribution < 1.29 is 14.3 Å². The van der Waals surface area contributed by atoms with E-state index in [9.17, 15) is 4.79 Å². The molecule has 8 nitrogen and oxygen atoms in total. The Kier molecular flexibility index (Phi) is 5.39. The number of amides is 1. The van der Waals surface area contributed by atoms with E-state index in [0.717, 1.165) is 24.8 Å². The number of benzene rings is 1. The molecule has 1 amide bonds. The molecule has 1 saturated heterocycles. The monoisotopic (exact) mass is 359 g/mol. The van der Waals surface area contributed by atoms with Gasteiger partial charge in [0, 0.05) is 17.6 Å². The zero-order chi connectivity index (χ0) is 18.7. The molecule has 2 heterocycles. The lowest BCUT2D eigenvalue weighted by Gasteiger charge is -2.38. The molecule has 3 rings (SSSR count). The van der Waals surface area contributed by atoms with E-state index in [-0.39, 0.29) is 24.5 Å². The van der Waals surface area contributed by atoms with Crippen LogP contribution in [0.2, 0.25) is 0 Å². The highest BCUT2D eigenvalue weighted by molar-refractivity contribution is 5.76. The van der Waals surface area contributed by atoms with Crippen molar-refractivity contribution in [2.75, 3.05) is 14.2 Å². The summed E-state index contributed by atoms with van der Waals surface area (Å²) in [5.74, 6) is 1.69. The van der Waals surface area contributed by atoms with Crippen molar-refractivity contribution in [1.29, 1.82) is 0 Å². The number of ether oxygens (including phenoxy) is 2. The molecule has 0 aliphatic carbocycles. The average Bonchev–Trinajstić information content (AvgIpc) is 3.09. The predicted octanol–water partition coefficient (Wildman–Crippen LogP) is 2.15. The third-order valence-electron chi connectivity index (χ3n) is 4.85. The first kappa shape index (κ1) is 18.2. The highest BCUT2D eigenvalue weighted by atomic mass is 16.5. The highest BCUT2D eigenvalue weighted by Gasteiger charge is 2.29. The summed E-state index contributed by atoms with van der Waals surface area (Å²) in [7, 11) is 3.16. The first-order valence-corrected chi connectivity index (χ1v) is 8.85. The molecule has 1 aromatic carbocycles. The Labute approximate surface area is 153 Å². The van der Waals surface area contributed by atoms with Crippen molar-refractivity contribution in [2.45, 2.75) is 51.7 Å². The van der Waals surface area contributed by atoms with Crippen LogP contribution in [0.3, 0.4) is 0 Å². The van der Waals surface area contributed by atoms with Crippen LogP contribution < -0.4 is 9.47 Å². The summed E-state index contributed by atoms with van der Waals surface area (Å²) in [4.78, 5) is 16.0. The number of nitrogens with zero attached hydrogens (tertiary/aromatic N) is 5. The molecule has 2 aromatic rings. The number of methoxy groups -OCH3 is 2. The number of aromatic nitrogens is 4. The predicted molar refractivity (Wildman–Crippen MR) is 96.0 cm³/mol. The third-order valence-corrected chi connectivity index (χ3v) is 4.85. The number of hydrogen-bond acceptors (Lipinski definition) is 6. The van der Waals surface area contributed by atoms with E-state index in [1.165, 1.54) is 4.80 Å². The van der Waals surface area contributed by atoms with Gasteiger partial charge in [0.15, 0.2) is 11.5 Å². The van der Waals surface area contributed by atoms with Crippen molar-refractivity contribution in [3.05, 3.63) is 18.2 Å². The second-order valence-electron chi connectivity index (χ2n) is 6.64.